The van der Waals surface area contributed by atoms with Gasteiger partial charge in [0.15, 0.2) is 0 Å². The second-order valence-corrected chi connectivity index (χ2v) is 7.80. The Labute approximate surface area is 176 Å². The van der Waals surface area contributed by atoms with E-state index in [4.69, 9.17) is 0 Å². The van der Waals surface area contributed by atoms with Gasteiger partial charge in [-0.1, -0.05) is 30.3 Å². The molecule has 2 amide bonds. The molecule has 1 heterocycles. The molecule has 1 aromatic heterocycles. The topological polar surface area (TPSA) is 76.0 Å². The lowest BCUT2D eigenvalue weighted by atomic mass is 10.1. The van der Waals surface area contributed by atoms with Gasteiger partial charge in [-0.25, -0.2) is 4.68 Å². The van der Waals surface area contributed by atoms with E-state index in [2.05, 4.69) is 15.7 Å². The predicted molar refractivity (Wildman–Crippen MR) is 116 cm³/mol. The highest BCUT2D eigenvalue weighted by Gasteiger charge is 2.29. The number of aryl methyl sites for hydroxylation is 1. The van der Waals surface area contributed by atoms with Crippen LogP contribution >= 0.6 is 0 Å². The van der Waals surface area contributed by atoms with Crippen LogP contribution in [0.3, 0.4) is 0 Å². The molecule has 1 fully saturated rings. The Morgan fingerprint density at radius 3 is 2.53 bits per heavy atom. The number of aromatic nitrogens is 2. The van der Waals surface area contributed by atoms with Gasteiger partial charge in [-0.15, -0.1) is 0 Å². The van der Waals surface area contributed by atoms with Gasteiger partial charge in [-0.05, 0) is 61.6 Å². The zero-order chi connectivity index (χ0) is 20.9. The smallest absolute Gasteiger partial charge is 0.227 e. The Bertz CT molecular complexity index is 1010. The van der Waals surface area contributed by atoms with Crippen LogP contribution in [0.4, 0.5) is 5.69 Å². The molecule has 154 valence electrons. The van der Waals surface area contributed by atoms with Crippen molar-refractivity contribution < 1.29 is 9.59 Å². The zero-order valence-corrected chi connectivity index (χ0v) is 17.0. The van der Waals surface area contributed by atoms with Crippen molar-refractivity contribution in [3.8, 4) is 5.69 Å². The van der Waals surface area contributed by atoms with E-state index in [-0.39, 0.29) is 23.8 Å². The summed E-state index contributed by atoms with van der Waals surface area (Å²) in [5, 5.41) is 10.3. The van der Waals surface area contributed by atoms with Crippen LogP contribution in [0.5, 0.6) is 0 Å². The Morgan fingerprint density at radius 1 is 1.10 bits per heavy atom. The molecular weight excluding hydrogens is 376 g/mol. The van der Waals surface area contributed by atoms with Gasteiger partial charge in [-0.3, -0.25) is 9.59 Å². The van der Waals surface area contributed by atoms with Crippen molar-refractivity contribution in [3.05, 3.63) is 78.1 Å². The number of hydrogen-bond acceptors (Lipinski definition) is 3. The first-order chi connectivity index (χ1) is 14.6. The molecule has 0 saturated heterocycles. The number of anilines is 1. The van der Waals surface area contributed by atoms with Crippen molar-refractivity contribution in [2.75, 3.05) is 5.32 Å². The van der Waals surface area contributed by atoms with Gasteiger partial charge >= 0.3 is 0 Å². The van der Waals surface area contributed by atoms with Crippen LogP contribution in [0.1, 0.15) is 43.4 Å². The standard InChI is InChI=1S/C24H26N4O2/c1-17(19-10-12-21(13-11-19)27-24(30)20-8-9-20)26-23(29)14-7-18-15-25-28(16-18)22-5-3-2-4-6-22/h2-6,10-13,15-17,20H,7-9,14H2,1H3,(H,26,29)(H,27,30). The zero-order valence-electron chi connectivity index (χ0n) is 17.0. The number of nitrogens with one attached hydrogen (secondary N) is 2. The van der Waals surface area contributed by atoms with Crippen molar-refractivity contribution in [2.24, 2.45) is 5.92 Å². The summed E-state index contributed by atoms with van der Waals surface area (Å²) >= 11 is 0. The Morgan fingerprint density at radius 2 is 1.83 bits per heavy atom. The third kappa shape index (κ3) is 5.14. The predicted octanol–water partition coefficient (Wildman–Crippen LogP) is 4.03. The normalized spacial score (nSPS) is 14.2. The maximum Gasteiger partial charge on any atom is 0.227 e. The van der Waals surface area contributed by atoms with Gasteiger partial charge in [0.2, 0.25) is 11.8 Å². The second kappa shape index (κ2) is 8.95. The van der Waals surface area contributed by atoms with Crippen LogP contribution in [-0.4, -0.2) is 21.6 Å². The molecule has 1 atom stereocenters. The monoisotopic (exact) mass is 402 g/mol. The number of para-hydroxylation sites is 1. The molecule has 4 rings (SSSR count). The van der Waals surface area contributed by atoms with Gasteiger partial charge < -0.3 is 10.6 Å². The average Bonchev–Trinajstić information content (AvgIpc) is 3.51. The van der Waals surface area contributed by atoms with Crippen molar-refractivity contribution in [2.45, 2.75) is 38.6 Å². The average molecular weight is 402 g/mol. The number of benzene rings is 2. The van der Waals surface area contributed by atoms with Crippen LogP contribution in [0, 0.1) is 5.92 Å². The third-order valence-corrected chi connectivity index (χ3v) is 5.30. The van der Waals surface area contributed by atoms with Gasteiger partial charge in [0.25, 0.3) is 0 Å². The summed E-state index contributed by atoms with van der Waals surface area (Å²) in [6.45, 7) is 1.96. The Hall–Kier alpha value is -3.41. The summed E-state index contributed by atoms with van der Waals surface area (Å²) in [5.74, 6) is 0.281. The fourth-order valence-electron chi connectivity index (χ4n) is 3.31. The van der Waals surface area contributed by atoms with Gasteiger partial charge in [0, 0.05) is 24.2 Å². The molecule has 0 bridgehead atoms. The van der Waals surface area contributed by atoms with Crippen LogP contribution in [0.25, 0.3) is 5.69 Å². The molecule has 6 nitrogen and oxygen atoms in total. The molecular formula is C24H26N4O2. The minimum atomic E-state index is -0.0993. The summed E-state index contributed by atoms with van der Waals surface area (Å²) in [7, 11) is 0. The lowest BCUT2D eigenvalue weighted by Gasteiger charge is -2.15. The van der Waals surface area contributed by atoms with Gasteiger partial charge in [-0.2, -0.15) is 5.10 Å². The molecule has 6 heteroatoms. The van der Waals surface area contributed by atoms with Gasteiger partial charge in [0.1, 0.15) is 0 Å². The number of nitrogens with zero attached hydrogens (tertiary/aromatic N) is 2. The highest BCUT2D eigenvalue weighted by Crippen LogP contribution is 2.30. The van der Waals surface area contributed by atoms with Crippen LogP contribution < -0.4 is 10.6 Å². The highest BCUT2D eigenvalue weighted by molar-refractivity contribution is 5.94. The largest absolute Gasteiger partial charge is 0.350 e. The number of amides is 2. The summed E-state index contributed by atoms with van der Waals surface area (Å²) in [6, 6.07) is 17.5. The van der Waals surface area contributed by atoms with Crippen LogP contribution in [0.15, 0.2) is 67.0 Å². The molecule has 0 spiro atoms. The van der Waals surface area contributed by atoms with Crippen molar-refractivity contribution in [1.29, 1.82) is 0 Å². The van der Waals surface area contributed by atoms with E-state index in [0.29, 0.717) is 12.8 Å². The maximum absolute atomic E-state index is 12.4. The molecule has 1 unspecified atom stereocenters. The number of hydrogen-bond donors (Lipinski definition) is 2. The van der Waals surface area contributed by atoms with Crippen molar-refractivity contribution >= 4 is 17.5 Å². The van der Waals surface area contributed by atoms with Crippen LogP contribution in [-0.2, 0) is 16.0 Å². The van der Waals surface area contributed by atoms with E-state index in [1.54, 1.807) is 6.20 Å². The lowest BCUT2D eigenvalue weighted by molar-refractivity contribution is -0.121. The first kappa shape index (κ1) is 19.9. The lowest BCUT2D eigenvalue weighted by Crippen LogP contribution is -2.26. The molecule has 1 aliphatic carbocycles. The number of carbonyl (C=O) groups is 2. The molecule has 30 heavy (non-hydrogen) atoms. The minimum Gasteiger partial charge on any atom is -0.350 e. The fraction of sp³-hybridized carbons (Fsp3) is 0.292. The summed E-state index contributed by atoms with van der Waals surface area (Å²) in [6.07, 6.45) is 6.77. The van der Waals surface area contributed by atoms with Crippen molar-refractivity contribution in [3.63, 3.8) is 0 Å². The van der Waals surface area contributed by atoms with E-state index in [9.17, 15) is 9.59 Å². The van der Waals surface area contributed by atoms with Crippen LogP contribution in [0.2, 0.25) is 0 Å². The third-order valence-electron chi connectivity index (χ3n) is 5.30. The first-order valence-electron chi connectivity index (χ1n) is 10.4. The van der Waals surface area contributed by atoms with E-state index >= 15 is 0 Å². The second-order valence-electron chi connectivity index (χ2n) is 7.80. The molecule has 0 radical (unpaired) electrons. The number of rotatable bonds is 8. The quantitative estimate of drug-likeness (QED) is 0.597. The molecule has 1 aliphatic rings. The Kier molecular flexibility index (Phi) is 5.93. The Balaban J connectivity index is 1.25. The summed E-state index contributed by atoms with van der Waals surface area (Å²) in [4.78, 5) is 24.2. The molecule has 1 saturated carbocycles. The van der Waals surface area contributed by atoms with E-state index in [1.165, 1.54) is 0 Å². The maximum atomic E-state index is 12.4. The fourth-order valence-corrected chi connectivity index (χ4v) is 3.31. The van der Waals surface area contributed by atoms with E-state index in [1.807, 2.05) is 72.4 Å². The SMILES string of the molecule is CC(NC(=O)CCc1cnn(-c2ccccc2)c1)c1ccc(NC(=O)C2CC2)cc1. The molecule has 2 N–H and O–H groups in total. The minimum absolute atomic E-state index is 0.000994. The molecule has 0 aliphatic heterocycles. The first-order valence-corrected chi connectivity index (χ1v) is 10.4. The number of carbonyl (C=O) groups excluding carboxylic acids is 2. The highest BCUT2D eigenvalue weighted by atomic mass is 16.2. The van der Waals surface area contributed by atoms with E-state index < -0.39 is 0 Å². The summed E-state index contributed by atoms with van der Waals surface area (Å²) < 4.78 is 1.82. The van der Waals surface area contributed by atoms with E-state index in [0.717, 1.165) is 35.3 Å². The van der Waals surface area contributed by atoms with Gasteiger partial charge in [0.05, 0.1) is 17.9 Å². The van der Waals surface area contributed by atoms with Crippen molar-refractivity contribution in [1.82, 2.24) is 15.1 Å². The summed E-state index contributed by atoms with van der Waals surface area (Å²) in [5.41, 5.74) is 3.82. The molecule has 2 aromatic carbocycles. The molecule has 3 aromatic rings.